The van der Waals surface area contributed by atoms with Crippen LogP contribution < -0.4 is 5.32 Å². The Kier molecular flexibility index (Phi) is 5.29. The Hall–Kier alpha value is -2.78. The van der Waals surface area contributed by atoms with Crippen molar-refractivity contribution in [1.29, 1.82) is 0 Å². The highest BCUT2D eigenvalue weighted by Gasteiger charge is 2.15. The molecule has 0 aliphatic carbocycles. The van der Waals surface area contributed by atoms with Gasteiger partial charge in [0.15, 0.2) is 5.13 Å². The fourth-order valence-electron chi connectivity index (χ4n) is 2.32. The number of carbonyl (C=O) groups is 1. The Morgan fingerprint density at radius 1 is 1.42 bits per heavy atom. The number of rotatable bonds is 6. The molecule has 0 spiro atoms. The number of nitrogens with one attached hydrogen (secondary N) is 1. The predicted molar refractivity (Wildman–Crippen MR) is 98.6 cm³/mol. The van der Waals surface area contributed by atoms with Crippen molar-refractivity contribution in [3.63, 3.8) is 0 Å². The summed E-state index contributed by atoms with van der Waals surface area (Å²) in [5, 5.41) is 18.1. The van der Waals surface area contributed by atoms with E-state index in [1.165, 1.54) is 28.3 Å². The van der Waals surface area contributed by atoms with Crippen LogP contribution in [0.1, 0.15) is 16.0 Å². The number of carbonyl (C=O) groups excluding carboxylic acids is 1. The molecule has 0 aliphatic heterocycles. The minimum absolute atomic E-state index is 0.132. The third-order valence-corrected chi connectivity index (χ3v) is 5.01. The third kappa shape index (κ3) is 4.24. The van der Waals surface area contributed by atoms with Crippen LogP contribution in [0.3, 0.4) is 0 Å². The molecule has 10 heteroatoms. The van der Waals surface area contributed by atoms with Crippen molar-refractivity contribution in [2.45, 2.75) is 19.9 Å². The van der Waals surface area contributed by atoms with E-state index in [4.69, 9.17) is 11.6 Å². The molecule has 0 saturated carbocycles. The summed E-state index contributed by atoms with van der Waals surface area (Å²) in [7, 11) is 0. The number of nitro groups is 1. The number of aryl methyl sites for hydroxylation is 1. The van der Waals surface area contributed by atoms with Crippen LogP contribution in [0.25, 0.3) is 0 Å². The van der Waals surface area contributed by atoms with Gasteiger partial charge in [0.2, 0.25) is 5.91 Å². The number of benzene rings is 1. The van der Waals surface area contributed by atoms with Crippen LogP contribution in [-0.2, 0) is 17.8 Å². The average molecular weight is 392 g/mol. The highest BCUT2D eigenvalue weighted by Crippen LogP contribution is 2.26. The SMILES string of the molecule is Cc1cccc(Cc2cnc(NC(=O)Cn3ccc([N+](=O)[O-])n3)s2)c1Cl. The van der Waals surface area contributed by atoms with Gasteiger partial charge in [0.1, 0.15) is 6.54 Å². The van der Waals surface area contributed by atoms with E-state index in [0.29, 0.717) is 11.6 Å². The van der Waals surface area contributed by atoms with Gasteiger partial charge in [-0.1, -0.05) is 29.8 Å². The molecule has 1 amide bonds. The second-order valence-electron chi connectivity index (χ2n) is 5.53. The Morgan fingerprint density at radius 3 is 2.96 bits per heavy atom. The van der Waals surface area contributed by atoms with Gasteiger partial charge in [0.25, 0.3) is 0 Å². The highest BCUT2D eigenvalue weighted by molar-refractivity contribution is 7.15. The topological polar surface area (TPSA) is 103 Å². The molecule has 0 unspecified atom stereocenters. The van der Waals surface area contributed by atoms with Gasteiger partial charge >= 0.3 is 5.82 Å². The fourth-order valence-corrected chi connectivity index (χ4v) is 3.37. The van der Waals surface area contributed by atoms with Gasteiger partial charge in [-0.3, -0.25) is 4.79 Å². The molecule has 2 aromatic heterocycles. The largest absolute Gasteiger partial charge is 0.389 e. The zero-order chi connectivity index (χ0) is 18.7. The zero-order valence-corrected chi connectivity index (χ0v) is 15.3. The Balaban J connectivity index is 1.61. The zero-order valence-electron chi connectivity index (χ0n) is 13.7. The molecule has 0 atom stereocenters. The van der Waals surface area contributed by atoms with Gasteiger partial charge < -0.3 is 15.4 Å². The number of hydrogen-bond donors (Lipinski definition) is 1. The van der Waals surface area contributed by atoms with E-state index in [9.17, 15) is 14.9 Å². The summed E-state index contributed by atoms with van der Waals surface area (Å²) in [6.45, 7) is 1.82. The second-order valence-corrected chi connectivity index (χ2v) is 7.03. The quantitative estimate of drug-likeness (QED) is 0.512. The number of nitrogens with zero attached hydrogens (tertiary/aromatic N) is 4. The molecule has 26 heavy (non-hydrogen) atoms. The maximum Gasteiger partial charge on any atom is 0.389 e. The molecule has 1 aromatic carbocycles. The molecule has 134 valence electrons. The monoisotopic (exact) mass is 391 g/mol. The fraction of sp³-hybridized carbons (Fsp3) is 0.188. The third-order valence-electron chi connectivity index (χ3n) is 3.56. The first kappa shape index (κ1) is 18.0. The lowest BCUT2D eigenvalue weighted by Gasteiger charge is -2.04. The summed E-state index contributed by atoms with van der Waals surface area (Å²) in [4.78, 5) is 27.2. The van der Waals surface area contributed by atoms with Crippen LogP contribution in [0, 0.1) is 17.0 Å². The van der Waals surface area contributed by atoms with Crippen molar-refractivity contribution >= 4 is 39.8 Å². The number of anilines is 1. The average Bonchev–Trinajstić information content (AvgIpc) is 3.21. The summed E-state index contributed by atoms with van der Waals surface area (Å²) in [6.07, 6.45) is 3.70. The molecule has 8 nitrogen and oxygen atoms in total. The van der Waals surface area contributed by atoms with Crippen molar-refractivity contribution in [2.75, 3.05) is 5.32 Å². The molecule has 3 aromatic rings. The first-order chi connectivity index (χ1) is 12.4. The van der Waals surface area contributed by atoms with E-state index in [-0.39, 0.29) is 18.3 Å². The molecule has 0 fully saturated rings. The minimum atomic E-state index is -0.613. The van der Waals surface area contributed by atoms with Gasteiger partial charge in [-0.25, -0.2) is 4.98 Å². The van der Waals surface area contributed by atoms with Gasteiger partial charge in [-0.05, 0) is 23.0 Å². The van der Waals surface area contributed by atoms with Crippen LogP contribution in [-0.4, -0.2) is 25.6 Å². The summed E-state index contributed by atoms with van der Waals surface area (Å²) >= 11 is 7.66. The maximum absolute atomic E-state index is 12.0. The Bertz CT molecular complexity index is 968. The van der Waals surface area contributed by atoms with Gasteiger partial charge in [0, 0.05) is 22.5 Å². The lowest BCUT2D eigenvalue weighted by molar-refractivity contribution is -0.389. The van der Waals surface area contributed by atoms with Crippen molar-refractivity contribution in [1.82, 2.24) is 14.8 Å². The van der Waals surface area contributed by atoms with Crippen molar-refractivity contribution < 1.29 is 9.72 Å². The standard InChI is InChI=1S/C16H14ClN5O3S/c1-10-3-2-4-11(15(10)17)7-12-8-18-16(26-12)19-14(23)9-21-6-5-13(20-21)22(24)25/h2-6,8H,7,9H2,1H3,(H,18,19,23). The molecular weight excluding hydrogens is 378 g/mol. The van der Waals surface area contributed by atoms with Crippen LogP contribution in [0.2, 0.25) is 5.02 Å². The minimum Gasteiger partial charge on any atom is -0.358 e. The summed E-state index contributed by atoms with van der Waals surface area (Å²) in [6, 6.07) is 7.09. The summed E-state index contributed by atoms with van der Waals surface area (Å²) in [5.41, 5.74) is 2.01. The Labute approximate surface area is 157 Å². The van der Waals surface area contributed by atoms with Crippen molar-refractivity contribution in [3.05, 3.63) is 67.8 Å². The van der Waals surface area contributed by atoms with Gasteiger partial charge in [-0.15, -0.1) is 11.3 Å². The predicted octanol–water partition coefficient (Wildman–Crippen LogP) is 3.44. The van der Waals surface area contributed by atoms with E-state index in [2.05, 4.69) is 15.4 Å². The van der Waals surface area contributed by atoms with Crippen molar-refractivity contribution in [3.8, 4) is 0 Å². The molecule has 2 heterocycles. The molecule has 3 rings (SSSR count). The number of thiazole rings is 1. The molecule has 1 N–H and O–H groups in total. The number of hydrogen-bond acceptors (Lipinski definition) is 6. The number of halogens is 1. The first-order valence-electron chi connectivity index (χ1n) is 7.59. The van der Waals surface area contributed by atoms with E-state index < -0.39 is 4.92 Å². The normalized spacial score (nSPS) is 10.7. The first-order valence-corrected chi connectivity index (χ1v) is 8.78. The van der Waals surface area contributed by atoms with Crippen LogP contribution >= 0.6 is 22.9 Å². The number of aromatic nitrogens is 3. The van der Waals surface area contributed by atoms with Gasteiger partial charge in [0.05, 0.1) is 17.4 Å². The van der Waals surface area contributed by atoms with E-state index >= 15 is 0 Å². The molecular formula is C16H14ClN5O3S. The van der Waals surface area contributed by atoms with E-state index in [0.717, 1.165) is 21.0 Å². The van der Waals surface area contributed by atoms with Gasteiger partial charge in [-0.2, -0.15) is 4.68 Å². The van der Waals surface area contributed by atoms with Crippen LogP contribution in [0.4, 0.5) is 10.9 Å². The van der Waals surface area contributed by atoms with Crippen LogP contribution in [0.5, 0.6) is 0 Å². The summed E-state index contributed by atoms with van der Waals surface area (Å²) < 4.78 is 1.20. The lowest BCUT2D eigenvalue weighted by atomic mass is 10.1. The van der Waals surface area contributed by atoms with Crippen molar-refractivity contribution in [2.24, 2.45) is 0 Å². The molecule has 0 saturated heterocycles. The molecule has 0 aliphatic rings. The Morgan fingerprint density at radius 2 is 2.23 bits per heavy atom. The van der Waals surface area contributed by atoms with E-state index in [1.807, 2.05) is 25.1 Å². The number of amides is 1. The van der Waals surface area contributed by atoms with Crippen LogP contribution in [0.15, 0.2) is 36.7 Å². The molecule has 0 bridgehead atoms. The second kappa shape index (κ2) is 7.63. The molecule has 0 radical (unpaired) electrons. The summed E-state index contributed by atoms with van der Waals surface area (Å²) in [5.74, 6) is -0.665. The highest BCUT2D eigenvalue weighted by atomic mass is 35.5. The van der Waals surface area contributed by atoms with E-state index in [1.54, 1.807) is 6.20 Å². The smallest absolute Gasteiger partial charge is 0.358 e. The lowest BCUT2D eigenvalue weighted by Crippen LogP contribution is -2.19. The maximum atomic E-state index is 12.0.